The molecule has 1 nitrogen and oxygen atoms in total. The van der Waals surface area contributed by atoms with Crippen LogP contribution in [0.5, 0.6) is 0 Å². The van der Waals surface area contributed by atoms with E-state index in [9.17, 15) is 0 Å². The van der Waals surface area contributed by atoms with Crippen molar-refractivity contribution in [2.24, 2.45) is 0 Å². The number of rotatable bonds is 32. The molecule has 0 fully saturated rings. The minimum absolute atomic E-state index is 0. The summed E-state index contributed by atoms with van der Waals surface area (Å²) in [4.78, 5) is 2.51. The molecule has 2 heteroatoms. The summed E-state index contributed by atoms with van der Waals surface area (Å²) in [5.74, 6) is 0. The number of nitrogens with zero attached hydrogens (tertiary/aromatic N) is 1. The molecule has 0 N–H and O–H groups in total. The Labute approximate surface area is 254 Å². The summed E-state index contributed by atoms with van der Waals surface area (Å²) in [6.07, 6.45) is 45.3. The van der Waals surface area contributed by atoms with Gasteiger partial charge < -0.3 is 4.90 Å². The van der Waals surface area contributed by atoms with Crippen LogP contribution in [-0.4, -0.2) is 25.0 Å². The van der Waals surface area contributed by atoms with Crippen LogP contribution in [0, 0.1) is 0 Å². The summed E-state index contributed by atoms with van der Waals surface area (Å²) in [5.41, 5.74) is 0. The van der Waals surface area contributed by atoms with Gasteiger partial charge in [0.25, 0.3) is 0 Å². The van der Waals surface area contributed by atoms with Gasteiger partial charge in [-0.2, -0.15) is 0 Å². The Morgan fingerprint density at radius 3 is 0.684 bits per heavy atom. The third-order valence-electron chi connectivity index (χ3n) is 8.76. The first kappa shape index (κ1) is 40.6. The molecule has 0 aliphatic rings. The lowest BCUT2D eigenvalue weighted by molar-refractivity contribution is 0.251. The van der Waals surface area contributed by atoms with Gasteiger partial charge in [0.15, 0.2) is 0 Å². The molecule has 0 spiro atoms. The molecule has 0 bridgehead atoms. The fraction of sp³-hybridized carbons (Fsp3) is 1.00. The van der Waals surface area contributed by atoms with Crippen molar-refractivity contribution >= 4 is 17.0 Å². The molecule has 0 aromatic carbocycles. The van der Waals surface area contributed by atoms with Crippen molar-refractivity contribution in [2.45, 2.75) is 219 Å². The Morgan fingerprint density at radius 1 is 0.316 bits per heavy atom. The van der Waals surface area contributed by atoms with Crippen LogP contribution in [0.1, 0.15) is 213 Å². The minimum atomic E-state index is 0. The molecule has 0 aliphatic carbocycles. The SMILES string of the molecule is Br.CCCCCCCCCCCCCCCCCC(CCCCCCCCCCCCCCCC)N(C)C. The predicted molar refractivity (Wildman–Crippen MR) is 182 cm³/mol. The second-order valence-electron chi connectivity index (χ2n) is 12.7. The molecule has 0 heterocycles. The van der Waals surface area contributed by atoms with Crippen LogP contribution in [0.4, 0.5) is 0 Å². The number of unbranched alkanes of at least 4 members (excludes halogenated alkanes) is 27. The van der Waals surface area contributed by atoms with E-state index in [4.69, 9.17) is 0 Å². The van der Waals surface area contributed by atoms with Gasteiger partial charge in [-0.15, -0.1) is 17.0 Å². The maximum absolute atomic E-state index is 2.51. The van der Waals surface area contributed by atoms with Crippen LogP contribution < -0.4 is 0 Å². The molecule has 0 radical (unpaired) electrons. The Kier molecular flexibility index (Phi) is 37.9. The number of halogens is 1. The molecule has 38 heavy (non-hydrogen) atoms. The zero-order valence-electron chi connectivity index (χ0n) is 27.4. The Morgan fingerprint density at radius 2 is 0.500 bits per heavy atom. The molecule has 1 atom stereocenters. The summed E-state index contributed by atoms with van der Waals surface area (Å²) in [6, 6.07) is 0.819. The predicted octanol–water partition coefficient (Wildman–Crippen LogP) is 13.6. The fourth-order valence-corrected chi connectivity index (χ4v) is 5.99. The summed E-state index contributed by atoms with van der Waals surface area (Å²) in [6.45, 7) is 4.62. The Bertz CT molecular complexity index is 397. The molecular weight excluding hydrogens is 526 g/mol. The van der Waals surface area contributed by atoms with Crippen LogP contribution >= 0.6 is 17.0 Å². The first-order valence-corrected chi connectivity index (χ1v) is 17.9. The maximum Gasteiger partial charge on any atom is 0.00891 e. The second kappa shape index (κ2) is 35.5. The molecule has 0 saturated heterocycles. The van der Waals surface area contributed by atoms with Crippen LogP contribution in [0.2, 0.25) is 0 Å². The highest BCUT2D eigenvalue weighted by atomic mass is 79.9. The van der Waals surface area contributed by atoms with Crippen molar-refractivity contribution in [1.29, 1.82) is 0 Å². The highest BCUT2D eigenvalue weighted by molar-refractivity contribution is 8.93. The van der Waals surface area contributed by atoms with Crippen molar-refractivity contribution in [1.82, 2.24) is 4.90 Å². The van der Waals surface area contributed by atoms with Crippen molar-refractivity contribution in [3.63, 3.8) is 0 Å². The lowest BCUT2D eigenvalue weighted by Crippen LogP contribution is -2.27. The quantitative estimate of drug-likeness (QED) is 0.0692. The normalized spacial score (nSPS) is 12.2. The zero-order valence-corrected chi connectivity index (χ0v) is 29.1. The summed E-state index contributed by atoms with van der Waals surface area (Å²) in [5, 5.41) is 0. The standard InChI is InChI=1S/C36H75N.BrH/c1-5-7-9-11-13-15-17-19-21-23-25-27-29-31-33-35-36(37(3)4)34-32-30-28-26-24-22-20-18-16-14-12-10-8-6-2;/h36H,5-35H2,1-4H3;1H. The first-order valence-electron chi connectivity index (χ1n) is 17.9. The van der Waals surface area contributed by atoms with E-state index < -0.39 is 0 Å². The highest BCUT2D eigenvalue weighted by Crippen LogP contribution is 2.18. The van der Waals surface area contributed by atoms with E-state index in [0.717, 1.165) is 6.04 Å². The van der Waals surface area contributed by atoms with Crippen molar-refractivity contribution in [3.05, 3.63) is 0 Å². The summed E-state index contributed by atoms with van der Waals surface area (Å²) in [7, 11) is 4.61. The van der Waals surface area contributed by atoms with Crippen LogP contribution in [0.15, 0.2) is 0 Å². The molecule has 0 aromatic rings. The number of hydrogen-bond donors (Lipinski definition) is 0. The van der Waals surface area contributed by atoms with E-state index in [2.05, 4.69) is 32.8 Å². The molecule has 232 valence electrons. The minimum Gasteiger partial charge on any atom is -0.306 e. The second-order valence-corrected chi connectivity index (χ2v) is 12.7. The third kappa shape index (κ3) is 32.7. The van der Waals surface area contributed by atoms with Gasteiger partial charge in [0.2, 0.25) is 0 Å². The molecule has 0 saturated carbocycles. The third-order valence-corrected chi connectivity index (χ3v) is 8.76. The van der Waals surface area contributed by atoms with Gasteiger partial charge in [-0.1, -0.05) is 200 Å². The fourth-order valence-electron chi connectivity index (χ4n) is 5.99. The first-order chi connectivity index (χ1) is 18.2. The molecule has 0 amide bonds. The highest BCUT2D eigenvalue weighted by Gasteiger charge is 2.10. The van der Waals surface area contributed by atoms with E-state index in [1.54, 1.807) is 0 Å². The average molecular weight is 603 g/mol. The van der Waals surface area contributed by atoms with Crippen LogP contribution in [0.25, 0.3) is 0 Å². The van der Waals surface area contributed by atoms with Crippen molar-refractivity contribution < 1.29 is 0 Å². The van der Waals surface area contributed by atoms with Gasteiger partial charge in [-0.05, 0) is 26.9 Å². The van der Waals surface area contributed by atoms with Crippen molar-refractivity contribution in [2.75, 3.05) is 14.1 Å². The Balaban J connectivity index is 0. The topological polar surface area (TPSA) is 3.24 Å². The van der Waals surface area contributed by atoms with Crippen molar-refractivity contribution in [3.8, 4) is 0 Å². The molecule has 0 aromatic heterocycles. The lowest BCUT2D eigenvalue weighted by atomic mass is 9.99. The van der Waals surface area contributed by atoms with E-state index in [-0.39, 0.29) is 17.0 Å². The summed E-state index contributed by atoms with van der Waals surface area (Å²) < 4.78 is 0. The zero-order chi connectivity index (χ0) is 27.1. The molecule has 1 unspecified atom stereocenters. The molecule has 0 aliphatic heterocycles. The van der Waals surface area contributed by atoms with E-state index >= 15 is 0 Å². The van der Waals surface area contributed by atoms with Gasteiger partial charge in [-0.3, -0.25) is 0 Å². The summed E-state index contributed by atoms with van der Waals surface area (Å²) >= 11 is 0. The van der Waals surface area contributed by atoms with Gasteiger partial charge in [0.1, 0.15) is 0 Å². The number of hydrogen-bond acceptors (Lipinski definition) is 1. The van der Waals surface area contributed by atoms with Crippen LogP contribution in [-0.2, 0) is 0 Å². The van der Waals surface area contributed by atoms with Crippen LogP contribution in [0.3, 0.4) is 0 Å². The Hall–Kier alpha value is 0.440. The molecule has 0 rings (SSSR count). The largest absolute Gasteiger partial charge is 0.306 e. The van der Waals surface area contributed by atoms with E-state index in [1.807, 2.05) is 0 Å². The van der Waals surface area contributed by atoms with E-state index in [0.29, 0.717) is 0 Å². The van der Waals surface area contributed by atoms with Gasteiger partial charge in [0.05, 0.1) is 0 Å². The van der Waals surface area contributed by atoms with E-state index in [1.165, 1.54) is 199 Å². The van der Waals surface area contributed by atoms with Gasteiger partial charge in [0, 0.05) is 6.04 Å². The maximum atomic E-state index is 2.51. The lowest BCUT2D eigenvalue weighted by Gasteiger charge is -2.24. The smallest absolute Gasteiger partial charge is 0.00891 e. The monoisotopic (exact) mass is 602 g/mol. The molecular formula is C36H76BrN. The average Bonchev–Trinajstić information content (AvgIpc) is 2.89. The van der Waals surface area contributed by atoms with Gasteiger partial charge in [-0.25, -0.2) is 0 Å². The van der Waals surface area contributed by atoms with Gasteiger partial charge >= 0.3 is 0 Å².